The molecule has 0 radical (unpaired) electrons. The van der Waals surface area contributed by atoms with Gasteiger partial charge < -0.3 is 9.47 Å². The van der Waals surface area contributed by atoms with Gasteiger partial charge in [0.15, 0.2) is 0 Å². The predicted molar refractivity (Wildman–Crippen MR) is 90.0 cm³/mol. The van der Waals surface area contributed by atoms with E-state index in [4.69, 9.17) is 4.98 Å². The molecule has 5 nitrogen and oxygen atoms in total. The van der Waals surface area contributed by atoms with Gasteiger partial charge in [-0.1, -0.05) is 25.0 Å². The van der Waals surface area contributed by atoms with Crippen LogP contribution in [0.4, 0.5) is 0 Å². The third kappa shape index (κ3) is 2.74. The minimum absolute atomic E-state index is 0.293. The summed E-state index contributed by atoms with van der Waals surface area (Å²) in [5.74, 6) is 1.33. The molecule has 1 aliphatic carbocycles. The molecule has 2 aromatic rings. The van der Waals surface area contributed by atoms with Crippen LogP contribution in [0, 0.1) is 0 Å². The number of hydrogen-bond donors (Lipinski definition) is 0. The van der Waals surface area contributed by atoms with Crippen LogP contribution < -0.4 is 0 Å². The molecule has 2 fully saturated rings. The van der Waals surface area contributed by atoms with Crippen LogP contribution in [0.2, 0.25) is 0 Å². The van der Waals surface area contributed by atoms with Crippen LogP contribution in [0.5, 0.6) is 0 Å². The Morgan fingerprint density at radius 2 is 1.96 bits per heavy atom. The summed E-state index contributed by atoms with van der Waals surface area (Å²) in [6, 6.07) is 8.69. The third-order valence-corrected chi connectivity index (χ3v) is 5.35. The number of rotatable bonds is 3. The highest BCUT2D eigenvalue weighted by Crippen LogP contribution is 2.25. The van der Waals surface area contributed by atoms with E-state index in [9.17, 15) is 4.79 Å². The highest BCUT2D eigenvalue weighted by Gasteiger charge is 2.31. The van der Waals surface area contributed by atoms with Crippen molar-refractivity contribution in [1.29, 1.82) is 0 Å². The number of benzene rings is 1. The van der Waals surface area contributed by atoms with Gasteiger partial charge in [0, 0.05) is 26.2 Å². The van der Waals surface area contributed by atoms with Crippen LogP contribution >= 0.6 is 0 Å². The van der Waals surface area contributed by atoms with Crippen LogP contribution in [0.1, 0.15) is 31.5 Å². The highest BCUT2D eigenvalue weighted by molar-refractivity contribution is 5.79. The smallest absolute Gasteiger partial charge is 0.237 e. The standard InChI is InChI=1S/C18H24N4O/c1-20-16-9-5-4-8-15(16)19-17(20)12-21-10-11-22(18(23)13-21)14-6-2-3-7-14/h4-5,8-9,14H,2-3,6-7,10-13H2,1H3. The lowest BCUT2D eigenvalue weighted by molar-refractivity contribution is -0.138. The first-order valence-corrected chi connectivity index (χ1v) is 8.64. The molecule has 1 amide bonds. The Morgan fingerprint density at radius 1 is 1.17 bits per heavy atom. The predicted octanol–water partition coefficient (Wildman–Crippen LogP) is 2.16. The Labute approximate surface area is 136 Å². The topological polar surface area (TPSA) is 41.4 Å². The fourth-order valence-electron chi connectivity index (χ4n) is 4.01. The molecule has 0 unspecified atom stereocenters. The van der Waals surface area contributed by atoms with Crippen molar-refractivity contribution in [2.75, 3.05) is 19.6 Å². The molecule has 1 aliphatic heterocycles. The van der Waals surface area contributed by atoms with Gasteiger partial charge in [0.1, 0.15) is 5.82 Å². The molecule has 1 saturated heterocycles. The maximum absolute atomic E-state index is 12.5. The molecule has 2 heterocycles. The first kappa shape index (κ1) is 14.7. The zero-order chi connectivity index (χ0) is 15.8. The summed E-state index contributed by atoms with van der Waals surface area (Å²) >= 11 is 0. The number of carbonyl (C=O) groups excluding carboxylic acids is 1. The van der Waals surface area contributed by atoms with E-state index < -0.39 is 0 Å². The SMILES string of the molecule is Cn1c(CN2CCN(C3CCCC3)C(=O)C2)nc2ccccc21. The summed E-state index contributed by atoms with van der Waals surface area (Å²) in [6.07, 6.45) is 4.93. The number of imidazole rings is 1. The van der Waals surface area contributed by atoms with E-state index in [-0.39, 0.29) is 0 Å². The number of nitrogens with zero attached hydrogens (tertiary/aromatic N) is 4. The summed E-state index contributed by atoms with van der Waals surface area (Å²) < 4.78 is 2.14. The summed E-state index contributed by atoms with van der Waals surface area (Å²) in [4.78, 5) is 21.6. The van der Waals surface area contributed by atoms with Crippen LogP contribution in [0.25, 0.3) is 11.0 Å². The van der Waals surface area contributed by atoms with Crippen molar-refractivity contribution >= 4 is 16.9 Å². The number of amides is 1. The molecule has 0 atom stereocenters. The monoisotopic (exact) mass is 312 g/mol. The molecule has 5 heteroatoms. The molecule has 1 aromatic heterocycles. The van der Waals surface area contributed by atoms with Gasteiger partial charge in [-0.2, -0.15) is 0 Å². The normalized spacial score (nSPS) is 20.7. The molecule has 1 saturated carbocycles. The van der Waals surface area contributed by atoms with Gasteiger partial charge in [-0.3, -0.25) is 9.69 Å². The number of aromatic nitrogens is 2. The summed E-state index contributed by atoms with van der Waals surface area (Å²) in [7, 11) is 2.06. The van der Waals surface area contributed by atoms with Crippen molar-refractivity contribution in [2.45, 2.75) is 38.3 Å². The Bertz CT molecular complexity index is 717. The van der Waals surface area contributed by atoms with Gasteiger partial charge in [-0.25, -0.2) is 4.98 Å². The molecule has 0 bridgehead atoms. The Hall–Kier alpha value is -1.88. The van der Waals surface area contributed by atoms with Crippen molar-refractivity contribution in [2.24, 2.45) is 7.05 Å². The van der Waals surface area contributed by atoms with Crippen molar-refractivity contribution in [3.8, 4) is 0 Å². The van der Waals surface area contributed by atoms with Crippen molar-refractivity contribution in [3.63, 3.8) is 0 Å². The number of aryl methyl sites for hydroxylation is 1. The maximum atomic E-state index is 12.5. The van der Waals surface area contributed by atoms with Crippen molar-refractivity contribution < 1.29 is 4.79 Å². The number of para-hydroxylation sites is 2. The quantitative estimate of drug-likeness (QED) is 0.872. The molecule has 0 N–H and O–H groups in total. The van der Waals surface area contributed by atoms with Gasteiger partial charge in [-0.05, 0) is 25.0 Å². The lowest BCUT2D eigenvalue weighted by Crippen LogP contribution is -2.53. The molecule has 23 heavy (non-hydrogen) atoms. The van der Waals surface area contributed by atoms with E-state index in [1.54, 1.807) is 0 Å². The second-order valence-corrected chi connectivity index (χ2v) is 6.81. The number of carbonyl (C=O) groups is 1. The highest BCUT2D eigenvalue weighted by atomic mass is 16.2. The average Bonchev–Trinajstić information content (AvgIpc) is 3.17. The Morgan fingerprint density at radius 3 is 2.70 bits per heavy atom. The van der Waals surface area contributed by atoms with Gasteiger partial charge in [0.05, 0.1) is 24.1 Å². The fourth-order valence-corrected chi connectivity index (χ4v) is 4.01. The summed E-state index contributed by atoms with van der Waals surface area (Å²) in [5, 5.41) is 0. The van der Waals surface area contributed by atoms with Gasteiger partial charge in [0.25, 0.3) is 0 Å². The zero-order valence-electron chi connectivity index (χ0n) is 13.7. The van der Waals surface area contributed by atoms with E-state index in [1.165, 1.54) is 25.7 Å². The van der Waals surface area contributed by atoms with Crippen LogP contribution in [0.3, 0.4) is 0 Å². The summed E-state index contributed by atoms with van der Waals surface area (Å²) in [5.41, 5.74) is 2.18. The van der Waals surface area contributed by atoms with E-state index in [1.807, 2.05) is 18.2 Å². The van der Waals surface area contributed by atoms with Crippen molar-refractivity contribution in [3.05, 3.63) is 30.1 Å². The first-order valence-electron chi connectivity index (χ1n) is 8.64. The molecule has 122 valence electrons. The molecule has 1 aromatic carbocycles. The van der Waals surface area contributed by atoms with Gasteiger partial charge in [0.2, 0.25) is 5.91 Å². The molecule has 2 aliphatic rings. The molecular weight excluding hydrogens is 288 g/mol. The molecule has 4 rings (SSSR count). The largest absolute Gasteiger partial charge is 0.337 e. The lowest BCUT2D eigenvalue weighted by Gasteiger charge is -2.37. The molecular formula is C18H24N4O. The number of hydrogen-bond acceptors (Lipinski definition) is 3. The number of fused-ring (bicyclic) bond motifs is 1. The van der Waals surface area contributed by atoms with Crippen LogP contribution in [-0.2, 0) is 18.4 Å². The second kappa shape index (κ2) is 5.96. The van der Waals surface area contributed by atoms with Gasteiger partial charge in [-0.15, -0.1) is 0 Å². The maximum Gasteiger partial charge on any atom is 0.237 e. The Kier molecular flexibility index (Phi) is 3.81. The van der Waals surface area contributed by atoms with E-state index in [2.05, 4.69) is 27.5 Å². The molecule has 0 spiro atoms. The van der Waals surface area contributed by atoms with E-state index in [0.717, 1.165) is 36.5 Å². The minimum Gasteiger partial charge on any atom is -0.337 e. The first-order chi connectivity index (χ1) is 11.2. The Balaban J connectivity index is 1.45. The fraction of sp³-hybridized carbons (Fsp3) is 0.556. The minimum atomic E-state index is 0.293. The van der Waals surface area contributed by atoms with Crippen LogP contribution in [-0.4, -0.2) is 50.9 Å². The second-order valence-electron chi connectivity index (χ2n) is 6.81. The summed E-state index contributed by atoms with van der Waals surface area (Å²) in [6.45, 7) is 3.09. The van der Waals surface area contributed by atoms with Crippen LogP contribution in [0.15, 0.2) is 24.3 Å². The van der Waals surface area contributed by atoms with Crippen molar-refractivity contribution in [1.82, 2.24) is 19.4 Å². The van der Waals surface area contributed by atoms with E-state index in [0.29, 0.717) is 18.5 Å². The average molecular weight is 312 g/mol. The number of piperazine rings is 1. The van der Waals surface area contributed by atoms with E-state index >= 15 is 0 Å². The zero-order valence-corrected chi connectivity index (χ0v) is 13.7. The third-order valence-electron chi connectivity index (χ3n) is 5.35. The lowest BCUT2D eigenvalue weighted by atomic mass is 10.1. The van der Waals surface area contributed by atoms with Gasteiger partial charge >= 0.3 is 0 Å².